The summed E-state index contributed by atoms with van der Waals surface area (Å²) in [5, 5.41) is 4.01. The number of alkyl halides is 1. The van der Waals surface area contributed by atoms with Crippen LogP contribution in [0.1, 0.15) is 19.8 Å². The summed E-state index contributed by atoms with van der Waals surface area (Å²) in [6, 6.07) is 0. The topological polar surface area (TPSA) is 64.4 Å². The third-order valence-corrected chi connectivity index (χ3v) is 5.38. The van der Waals surface area contributed by atoms with Crippen LogP contribution in [0.15, 0.2) is 17.3 Å². The molecule has 0 atom stereocenters. The molecule has 0 spiro atoms. The molecule has 2 heterocycles. The molecule has 0 bridgehead atoms. The van der Waals surface area contributed by atoms with Crippen molar-refractivity contribution in [2.45, 2.75) is 37.3 Å². The maximum atomic E-state index is 12.5. The number of halogens is 1. The molecule has 114 valence electrons. The molecule has 1 fully saturated rings. The third-order valence-electron chi connectivity index (χ3n) is 3.36. The van der Waals surface area contributed by atoms with Gasteiger partial charge in [0.2, 0.25) is 10.0 Å². The third kappa shape index (κ3) is 3.52. The van der Waals surface area contributed by atoms with Crippen molar-refractivity contribution in [2.75, 3.05) is 25.6 Å². The lowest BCUT2D eigenvalue weighted by molar-refractivity contribution is 0.0290. The molecule has 0 amide bonds. The summed E-state index contributed by atoms with van der Waals surface area (Å²) in [7, 11) is -3.45. The van der Waals surface area contributed by atoms with Crippen molar-refractivity contribution in [2.24, 2.45) is 0 Å². The summed E-state index contributed by atoms with van der Waals surface area (Å²) in [5.41, 5.74) is 0. The minimum Gasteiger partial charge on any atom is -0.378 e. The number of sulfonamides is 1. The Morgan fingerprint density at radius 3 is 2.75 bits per heavy atom. The first-order valence-corrected chi connectivity index (χ1v) is 8.75. The largest absolute Gasteiger partial charge is 0.378 e. The second-order valence-corrected chi connectivity index (χ2v) is 7.00. The van der Waals surface area contributed by atoms with Gasteiger partial charge in [-0.15, -0.1) is 11.6 Å². The van der Waals surface area contributed by atoms with E-state index in [1.807, 2.05) is 6.92 Å². The molecule has 1 aliphatic heterocycles. The summed E-state index contributed by atoms with van der Waals surface area (Å²) in [6.45, 7) is 4.11. The van der Waals surface area contributed by atoms with E-state index in [2.05, 4.69) is 5.10 Å². The highest BCUT2D eigenvalue weighted by molar-refractivity contribution is 7.89. The Hall–Kier alpha value is -0.630. The van der Waals surface area contributed by atoms with Gasteiger partial charge < -0.3 is 4.74 Å². The molecule has 1 aromatic heterocycles. The van der Waals surface area contributed by atoms with Crippen LogP contribution in [0.25, 0.3) is 0 Å². The number of piperidine rings is 1. The highest BCUT2D eigenvalue weighted by Crippen LogP contribution is 2.21. The summed E-state index contributed by atoms with van der Waals surface area (Å²) >= 11 is 5.62. The summed E-state index contributed by atoms with van der Waals surface area (Å²) < 4.78 is 33.5. The van der Waals surface area contributed by atoms with Crippen molar-refractivity contribution in [1.29, 1.82) is 0 Å². The lowest BCUT2D eigenvalue weighted by atomic mass is 10.1. The SMILES string of the molecule is CCOC1CCN(S(=O)(=O)c2cnn(CCCl)c2)CC1. The molecule has 0 aliphatic carbocycles. The van der Waals surface area contributed by atoms with Gasteiger partial charge in [0.05, 0.1) is 18.8 Å². The smallest absolute Gasteiger partial charge is 0.246 e. The normalized spacial score (nSPS) is 18.5. The molecule has 1 saturated heterocycles. The zero-order valence-electron chi connectivity index (χ0n) is 11.5. The van der Waals surface area contributed by atoms with Crippen molar-refractivity contribution in [3.05, 3.63) is 12.4 Å². The van der Waals surface area contributed by atoms with Crippen molar-refractivity contribution in [3.63, 3.8) is 0 Å². The van der Waals surface area contributed by atoms with Crippen LogP contribution in [0.3, 0.4) is 0 Å². The van der Waals surface area contributed by atoms with Gasteiger partial charge >= 0.3 is 0 Å². The average molecular weight is 322 g/mol. The number of rotatable bonds is 6. The molecule has 1 aliphatic rings. The van der Waals surface area contributed by atoms with Crippen LogP contribution < -0.4 is 0 Å². The van der Waals surface area contributed by atoms with Gasteiger partial charge in [0, 0.05) is 31.8 Å². The van der Waals surface area contributed by atoms with E-state index < -0.39 is 10.0 Å². The molecule has 0 aromatic carbocycles. The zero-order valence-corrected chi connectivity index (χ0v) is 13.1. The second-order valence-electron chi connectivity index (χ2n) is 4.69. The fourth-order valence-corrected chi connectivity index (χ4v) is 3.91. The van der Waals surface area contributed by atoms with Gasteiger partial charge in [0.1, 0.15) is 4.90 Å². The molecular weight excluding hydrogens is 302 g/mol. The van der Waals surface area contributed by atoms with Crippen molar-refractivity contribution < 1.29 is 13.2 Å². The van der Waals surface area contributed by atoms with Gasteiger partial charge in [-0.1, -0.05) is 0 Å². The Bertz CT molecular complexity index is 524. The number of aromatic nitrogens is 2. The molecule has 0 radical (unpaired) electrons. The van der Waals surface area contributed by atoms with Crippen LogP contribution in [0.5, 0.6) is 0 Å². The minimum absolute atomic E-state index is 0.172. The molecule has 20 heavy (non-hydrogen) atoms. The quantitative estimate of drug-likeness (QED) is 0.741. The lowest BCUT2D eigenvalue weighted by Gasteiger charge is -2.30. The maximum absolute atomic E-state index is 12.5. The van der Waals surface area contributed by atoms with Gasteiger partial charge in [-0.3, -0.25) is 4.68 Å². The number of hydrogen-bond donors (Lipinski definition) is 0. The van der Waals surface area contributed by atoms with Crippen molar-refractivity contribution in [3.8, 4) is 0 Å². The summed E-state index contributed by atoms with van der Waals surface area (Å²) in [6.07, 6.45) is 4.57. The van der Waals surface area contributed by atoms with E-state index in [4.69, 9.17) is 16.3 Å². The second kappa shape index (κ2) is 6.89. The monoisotopic (exact) mass is 321 g/mol. The van der Waals surface area contributed by atoms with Crippen LogP contribution in [-0.2, 0) is 21.3 Å². The van der Waals surface area contributed by atoms with E-state index in [0.29, 0.717) is 32.1 Å². The summed E-state index contributed by atoms with van der Waals surface area (Å²) in [4.78, 5) is 0.234. The van der Waals surface area contributed by atoms with E-state index in [1.165, 1.54) is 16.7 Å². The Labute approximate surface area is 124 Å². The van der Waals surface area contributed by atoms with E-state index >= 15 is 0 Å². The predicted octanol–water partition coefficient (Wildman–Crippen LogP) is 1.31. The number of ether oxygens (including phenoxy) is 1. The molecule has 1 aromatic rings. The van der Waals surface area contributed by atoms with Crippen molar-refractivity contribution in [1.82, 2.24) is 14.1 Å². The number of aryl methyl sites for hydroxylation is 1. The first-order chi connectivity index (χ1) is 9.57. The van der Waals surface area contributed by atoms with Gasteiger partial charge in [-0.05, 0) is 19.8 Å². The first-order valence-electron chi connectivity index (χ1n) is 6.78. The highest BCUT2D eigenvalue weighted by Gasteiger charge is 2.30. The fraction of sp³-hybridized carbons (Fsp3) is 0.750. The molecule has 0 unspecified atom stereocenters. The van der Waals surface area contributed by atoms with Crippen LogP contribution in [0.2, 0.25) is 0 Å². The van der Waals surface area contributed by atoms with Crippen LogP contribution in [-0.4, -0.2) is 54.2 Å². The molecule has 6 nitrogen and oxygen atoms in total. The molecule has 0 saturated carbocycles. The van der Waals surface area contributed by atoms with Gasteiger partial charge in [-0.25, -0.2) is 8.42 Å². The lowest BCUT2D eigenvalue weighted by Crippen LogP contribution is -2.40. The van der Waals surface area contributed by atoms with Gasteiger partial charge in [0.15, 0.2) is 0 Å². The Kier molecular flexibility index (Phi) is 5.42. The van der Waals surface area contributed by atoms with E-state index in [-0.39, 0.29) is 11.0 Å². The molecule has 2 rings (SSSR count). The van der Waals surface area contributed by atoms with E-state index in [0.717, 1.165) is 12.8 Å². The van der Waals surface area contributed by atoms with Crippen LogP contribution in [0, 0.1) is 0 Å². The molecule has 8 heteroatoms. The molecular formula is C12H20ClN3O3S. The van der Waals surface area contributed by atoms with Crippen molar-refractivity contribution >= 4 is 21.6 Å². The average Bonchev–Trinajstić information content (AvgIpc) is 2.90. The van der Waals surface area contributed by atoms with Gasteiger partial charge in [0.25, 0.3) is 0 Å². The highest BCUT2D eigenvalue weighted by atomic mass is 35.5. The Morgan fingerprint density at radius 1 is 1.45 bits per heavy atom. The zero-order chi connectivity index (χ0) is 14.6. The Morgan fingerprint density at radius 2 is 2.15 bits per heavy atom. The molecule has 0 N–H and O–H groups in total. The number of hydrogen-bond acceptors (Lipinski definition) is 4. The number of nitrogens with zero attached hydrogens (tertiary/aromatic N) is 3. The fourth-order valence-electron chi connectivity index (χ4n) is 2.31. The summed E-state index contributed by atoms with van der Waals surface area (Å²) in [5.74, 6) is 0.404. The standard InChI is InChI=1S/C12H20ClN3O3S/c1-2-19-11-3-6-16(7-4-11)20(17,18)12-9-14-15(10-12)8-5-13/h9-11H,2-8H2,1H3. The van der Waals surface area contributed by atoms with Crippen LogP contribution in [0.4, 0.5) is 0 Å². The first kappa shape index (κ1) is 15.8. The van der Waals surface area contributed by atoms with Gasteiger partial charge in [-0.2, -0.15) is 9.40 Å². The predicted molar refractivity (Wildman–Crippen MR) is 76.4 cm³/mol. The minimum atomic E-state index is -3.45. The Balaban J connectivity index is 2.03. The van der Waals surface area contributed by atoms with E-state index in [9.17, 15) is 8.42 Å². The van der Waals surface area contributed by atoms with E-state index in [1.54, 1.807) is 4.68 Å². The van der Waals surface area contributed by atoms with Crippen LogP contribution >= 0.6 is 11.6 Å². The maximum Gasteiger partial charge on any atom is 0.246 e.